The summed E-state index contributed by atoms with van der Waals surface area (Å²) in [6.07, 6.45) is 4.49. The molecule has 0 atom stereocenters. The van der Waals surface area contributed by atoms with Gasteiger partial charge < -0.3 is 9.73 Å². The van der Waals surface area contributed by atoms with Crippen LogP contribution in [0.5, 0.6) is 0 Å². The molecule has 0 unspecified atom stereocenters. The van der Waals surface area contributed by atoms with E-state index in [1.807, 2.05) is 6.26 Å². The van der Waals surface area contributed by atoms with Crippen molar-refractivity contribution in [2.45, 2.75) is 46.7 Å². The number of nitrogens with zero attached hydrogens (tertiary/aromatic N) is 1. The summed E-state index contributed by atoms with van der Waals surface area (Å²) >= 11 is 0. The maximum absolute atomic E-state index is 5.66. The van der Waals surface area contributed by atoms with E-state index in [2.05, 4.69) is 37.1 Å². The monoisotopic (exact) mass is 264 g/mol. The van der Waals surface area contributed by atoms with Crippen LogP contribution in [0, 0.1) is 11.8 Å². The second-order valence-electron chi connectivity index (χ2n) is 6.01. The highest BCUT2D eigenvalue weighted by atomic mass is 16.3. The SMILES string of the molecule is CCNCc1ccoc1CN1CCC(C(C)C)CC1. The third-order valence-electron chi connectivity index (χ3n) is 4.35. The average molecular weight is 264 g/mol. The van der Waals surface area contributed by atoms with E-state index in [0.717, 1.165) is 37.2 Å². The lowest BCUT2D eigenvalue weighted by atomic mass is 9.87. The molecule has 2 heterocycles. The van der Waals surface area contributed by atoms with Crippen LogP contribution < -0.4 is 5.32 Å². The van der Waals surface area contributed by atoms with Crippen LogP contribution in [-0.4, -0.2) is 24.5 Å². The van der Waals surface area contributed by atoms with Crippen LogP contribution in [0.25, 0.3) is 0 Å². The minimum Gasteiger partial charge on any atom is -0.468 e. The van der Waals surface area contributed by atoms with Crippen molar-refractivity contribution in [1.29, 1.82) is 0 Å². The molecule has 1 N–H and O–H groups in total. The molecule has 1 fully saturated rings. The number of nitrogens with one attached hydrogen (secondary N) is 1. The smallest absolute Gasteiger partial charge is 0.122 e. The second-order valence-corrected chi connectivity index (χ2v) is 6.01. The van der Waals surface area contributed by atoms with Crippen molar-refractivity contribution < 1.29 is 4.42 Å². The number of likely N-dealkylation sites (tertiary alicyclic amines) is 1. The van der Waals surface area contributed by atoms with Crippen LogP contribution in [0.4, 0.5) is 0 Å². The van der Waals surface area contributed by atoms with Crippen molar-refractivity contribution in [2.75, 3.05) is 19.6 Å². The predicted octanol–water partition coefficient (Wildman–Crippen LogP) is 3.26. The standard InChI is InChI=1S/C16H28N2O/c1-4-17-11-15-7-10-19-16(15)12-18-8-5-14(6-9-18)13(2)3/h7,10,13-14,17H,4-6,8-9,11-12H2,1-3H3. The molecule has 1 aliphatic heterocycles. The summed E-state index contributed by atoms with van der Waals surface area (Å²) in [5, 5.41) is 3.37. The van der Waals surface area contributed by atoms with E-state index in [1.165, 1.54) is 31.5 Å². The largest absolute Gasteiger partial charge is 0.468 e. The van der Waals surface area contributed by atoms with Gasteiger partial charge in [-0.2, -0.15) is 0 Å². The van der Waals surface area contributed by atoms with Crippen molar-refractivity contribution >= 4 is 0 Å². The van der Waals surface area contributed by atoms with E-state index in [9.17, 15) is 0 Å². The van der Waals surface area contributed by atoms with Crippen molar-refractivity contribution in [3.8, 4) is 0 Å². The van der Waals surface area contributed by atoms with Gasteiger partial charge in [0.2, 0.25) is 0 Å². The Morgan fingerprint density at radius 2 is 2.11 bits per heavy atom. The zero-order valence-electron chi connectivity index (χ0n) is 12.6. The molecule has 1 aromatic heterocycles. The van der Waals surface area contributed by atoms with Gasteiger partial charge in [0.15, 0.2) is 0 Å². The van der Waals surface area contributed by atoms with Crippen LogP contribution in [0.1, 0.15) is 44.9 Å². The Balaban J connectivity index is 1.83. The Labute approximate surface area is 117 Å². The van der Waals surface area contributed by atoms with E-state index < -0.39 is 0 Å². The quantitative estimate of drug-likeness (QED) is 0.855. The predicted molar refractivity (Wildman–Crippen MR) is 78.9 cm³/mol. The van der Waals surface area contributed by atoms with Gasteiger partial charge in [0, 0.05) is 12.1 Å². The van der Waals surface area contributed by atoms with Gasteiger partial charge in [0.05, 0.1) is 12.8 Å². The summed E-state index contributed by atoms with van der Waals surface area (Å²) in [6.45, 7) is 12.2. The molecule has 0 aromatic carbocycles. The third kappa shape index (κ3) is 4.08. The molecule has 1 saturated heterocycles. The van der Waals surface area contributed by atoms with Crippen LogP contribution >= 0.6 is 0 Å². The van der Waals surface area contributed by atoms with Gasteiger partial charge in [0.1, 0.15) is 5.76 Å². The molecule has 3 nitrogen and oxygen atoms in total. The zero-order chi connectivity index (χ0) is 13.7. The number of piperidine rings is 1. The summed E-state index contributed by atoms with van der Waals surface area (Å²) < 4.78 is 5.66. The molecule has 1 aromatic rings. The topological polar surface area (TPSA) is 28.4 Å². The lowest BCUT2D eigenvalue weighted by molar-refractivity contribution is 0.143. The van der Waals surface area contributed by atoms with Crippen molar-refractivity contribution in [3.63, 3.8) is 0 Å². The Bertz CT molecular complexity index is 365. The van der Waals surface area contributed by atoms with Crippen molar-refractivity contribution in [3.05, 3.63) is 23.7 Å². The normalized spacial score (nSPS) is 18.3. The molecule has 0 aliphatic carbocycles. The molecule has 0 saturated carbocycles. The molecule has 19 heavy (non-hydrogen) atoms. The number of furan rings is 1. The Hall–Kier alpha value is -0.800. The lowest BCUT2D eigenvalue weighted by Crippen LogP contribution is -2.35. The number of hydrogen-bond donors (Lipinski definition) is 1. The van der Waals surface area contributed by atoms with Gasteiger partial charge in [-0.3, -0.25) is 4.90 Å². The summed E-state index contributed by atoms with van der Waals surface area (Å²) in [4.78, 5) is 2.53. The van der Waals surface area contributed by atoms with Crippen LogP contribution in [0.2, 0.25) is 0 Å². The van der Waals surface area contributed by atoms with Crippen molar-refractivity contribution in [1.82, 2.24) is 10.2 Å². The van der Waals surface area contributed by atoms with Gasteiger partial charge in [-0.1, -0.05) is 20.8 Å². The minimum atomic E-state index is 0.829. The van der Waals surface area contributed by atoms with E-state index >= 15 is 0 Å². The summed E-state index contributed by atoms with van der Waals surface area (Å²) in [7, 11) is 0. The average Bonchev–Trinajstić information content (AvgIpc) is 2.84. The fourth-order valence-electron chi connectivity index (χ4n) is 2.90. The van der Waals surface area contributed by atoms with Gasteiger partial charge in [-0.25, -0.2) is 0 Å². The molecule has 108 valence electrons. The Morgan fingerprint density at radius 1 is 1.37 bits per heavy atom. The molecular formula is C16H28N2O. The summed E-state index contributed by atoms with van der Waals surface area (Å²) in [5.74, 6) is 2.88. The molecule has 0 spiro atoms. The first-order valence-electron chi connectivity index (χ1n) is 7.69. The first-order chi connectivity index (χ1) is 9.20. The molecule has 1 aliphatic rings. The van der Waals surface area contributed by atoms with Crippen LogP contribution in [-0.2, 0) is 13.1 Å². The molecule has 0 radical (unpaired) electrons. The van der Waals surface area contributed by atoms with E-state index in [-0.39, 0.29) is 0 Å². The van der Waals surface area contributed by atoms with E-state index in [4.69, 9.17) is 4.42 Å². The first-order valence-corrected chi connectivity index (χ1v) is 7.69. The van der Waals surface area contributed by atoms with E-state index in [0.29, 0.717) is 0 Å². The fraction of sp³-hybridized carbons (Fsp3) is 0.750. The van der Waals surface area contributed by atoms with Crippen LogP contribution in [0.3, 0.4) is 0 Å². The zero-order valence-corrected chi connectivity index (χ0v) is 12.6. The maximum Gasteiger partial charge on any atom is 0.122 e. The minimum absolute atomic E-state index is 0.829. The Kier molecular flexibility index (Phi) is 5.46. The first kappa shape index (κ1) is 14.6. The summed E-state index contributed by atoms with van der Waals surface area (Å²) in [5.41, 5.74) is 1.31. The third-order valence-corrected chi connectivity index (χ3v) is 4.35. The highest BCUT2D eigenvalue weighted by Gasteiger charge is 2.22. The highest BCUT2D eigenvalue weighted by molar-refractivity contribution is 5.16. The molecule has 3 heteroatoms. The summed E-state index contributed by atoms with van der Waals surface area (Å²) in [6, 6.07) is 2.10. The second kappa shape index (κ2) is 7.11. The maximum atomic E-state index is 5.66. The molecule has 0 bridgehead atoms. The molecule has 2 rings (SSSR count). The fourth-order valence-corrected chi connectivity index (χ4v) is 2.90. The van der Waals surface area contributed by atoms with Gasteiger partial charge in [0.25, 0.3) is 0 Å². The number of hydrogen-bond acceptors (Lipinski definition) is 3. The lowest BCUT2D eigenvalue weighted by Gasteiger charge is -2.33. The Morgan fingerprint density at radius 3 is 2.74 bits per heavy atom. The van der Waals surface area contributed by atoms with E-state index in [1.54, 1.807) is 0 Å². The van der Waals surface area contributed by atoms with Crippen molar-refractivity contribution in [2.24, 2.45) is 11.8 Å². The van der Waals surface area contributed by atoms with Gasteiger partial charge in [-0.15, -0.1) is 0 Å². The van der Waals surface area contributed by atoms with Crippen LogP contribution in [0.15, 0.2) is 16.7 Å². The van der Waals surface area contributed by atoms with Gasteiger partial charge >= 0.3 is 0 Å². The highest BCUT2D eigenvalue weighted by Crippen LogP contribution is 2.25. The molecular weight excluding hydrogens is 236 g/mol. The van der Waals surface area contributed by atoms with Gasteiger partial charge in [-0.05, 0) is 50.4 Å². The number of rotatable bonds is 6. The molecule has 0 amide bonds.